The van der Waals surface area contributed by atoms with Gasteiger partial charge < -0.3 is 9.64 Å². The van der Waals surface area contributed by atoms with Gasteiger partial charge in [0, 0.05) is 6.54 Å². The highest BCUT2D eigenvalue weighted by molar-refractivity contribution is 4.92. The molecule has 1 aliphatic carbocycles. The van der Waals surface area contributed by atoms with Crippen molar-refractivity contribution in [2.45, 2.75) is 71.8 Å². The Kier molecular flexibility index (Phi) is 5.70. The van der Waals surface area contributed by atoms with Crippen molar-refractivity contribution in [2.24, 2.45) is 11.3 Å². The minimum atomic E-state index is 0.528. The number of ether oxygens (including phenoxy) is 1. The van der Waals surface area contributed by atoms with Gasteiger partial charge in [-0.05, 0) is 56.5 Å². The summed E-state index contributed by atoms with van der Waals surface area (Å²) >= 11 is 0. The molecule has 2 aliphatic rings. The van der Waals surface area contributed by atoms with Gasteiger partial charge in [0.2, 0.25) is 0 Å². The molecule has 1 heterocycles. The van der Waals surface area contributed by atoms with Gasteiger partial charge in [0.25, 0.3) is 0 Å². The Morgan fingerprint density at radius 1 is 1.21 bits per heavy atom. The fraction of sp³-hybridized carbons (Fsp3) is 1.00. The average molecular weight is 267 g/mol. The SMILES string of the molecule is CCCCCN1CCCC2(C)CCC(OCC1)C2C. The smallest absolute Gasteiger partial charge is 0.0606 e. The molecule has 0 radical (unpaired) electrons. The third kappa shape index (κ3) is 3.95. The first kappa shape index (κ1) is 15.3. The number of fused-ring (bicyclic) bond motifs is 2. The van der Waals surface area contributed by atoms with Gasteiger partial charge in [-0.2, -0.15) is 0 Å². The van der Waals surface area contributed by atoms with E-state index in [0.717, 1.165) is 19.1 Å². The van der Waals surface area contributed by atoms with Crippen LogP contribution in [0.25, 0.3) is 0 Å². The van der Waals surface area contributed by atoms with Gasteiger partial charge in [-0.15, -0.1) is 0 Å². The largest absolute Gasteiger partial charge is 0.377 e. The van der Waals surface area contributed by atoms with Crippen molar-refractivity contribution in [1.29, 1.82) is 0 Å². The number of hydrogen-bond donors (Lipinski definition) is 0. The van der Waals surface area contributed by atoms with Crippen LogP contribution < -0.4 is 0 Å². The van der Waals surface area contributed by atoms with Gasteiger partial charge >= 0.3 is 0 Å². The Balaban J connectivity index is 1.85. The number of unbranched alkanes of at least 4 members (excludes halogenated alkanes) is 2. The van der Waals surface area contributed by atoms with Gasteiger partial charge in [-0.25, -0.2) is 0 Å². The number of rotatable bonds is 4. The van der Waals surface area contributed by atoms with E-state index in [1.807, 2.05) is 0 Å². The molecule has 0 amide bonds. The third-order valence-electron chi connectivity index (χ3n) is 5.70. The molecule has 0 N–H and O–H groups in total. The number of hydrogen-bond acceptors (Lipinski definition) is 2. The first-order valence-electron chi connectivity index (χ1n) is 8.49. The lowest BCUT2D eigenvalue weighted by Gasteiger charge is -2.34. The zero-order chi connectivity index (χ0) is 13.7. The Morgan fingerprint density at radius 2 is 2.05 bits per heavy atom. The average Bonchev–Trinajstić information content (AvgIpc) is 2.66. The van der Waals surface area contributed by atoms with Crippen molar-refractivity contribution in [3.63, 3.8) is 0 Å². The summed E-state index contributed by atoms with van der Waals surface area (Å²) in [6.07, 6.45) is 9.99. The normalized spacial score (nSPS) is 37.4. The molecular formula is C17H33NO. The lowest BCUT2D eigenvalue weighted by molar-refractivity contribution is -0.00613. The van der Waals surface area contributed by atoms with Crippen molar-refractivity contribution in [1.82, 2.24) is 4.90 Å². The summed E-state index contributed by atoms with van der Waals surface area (Å²) < 4.78 is 6.18. The van der Waals surface area contributed by atoms with Gasteiger partial charge in [-0.1, -0.05) is 33.6 Å². The van der Waals surface area contributed by atoms with E-state index in [2.05, 4.69) is 25.7 Å². The van der Waals surface area contributed by atoms with Crippen molar-refractivity contribution in [3.8, 4) is 0 Å². The first-order chi connectivity index (χ1) is 9.15. The van der Waals surface area contributed by atoms with E-state index in [9.17, 15) is 0 Å². The maximum atomic E-state index is 6.18. The maximum absolute atomic E-state index is 6.18. The Labute approximate surface area is 119 Å². The molecule has 0 aromatic carbocycles. The van der Waals surface area contributed by atoms with Crippen molar-refractivity contribution < 1.29 is 4.74 Å². The van der Waals surface area contributed by atoms with Crippen LogP contribution in [0.3, 0.4) is 0 Å². The van der Waals surface area contributed by atoms with Crippen LogP contribution >= 0.6 is 0 Å². The second-order valence-corrected chi connectivity index (χ2v) is 7.04. The molecule has 19 heavy (non-hydrogen) atoms. The summed E-state index contributed by atoms with van der Waals surface area (Å²) in [4.78, 5) is 2.63. The zero-order valence-electron chi connectivity index (χ0n) is 13.3. The van der Waals surface area contributed by atoms with Crippen LogP contribution in [0.2, 0.25) is 0 Å². The molecule has 3 unspecified atom stereocenters. The van der Waals surface area contributed by atoms with E-state index in [-0.39, 0.29) is 0 Å². The summed E-state index contributed by atoms with van der Waals surface area (Å²) in [5, 5.41) is 0. The topological polar surface area (TPSA) is 12.5 Å². The fourth-order valence-electron chi connectivity index (χ4n) is 3.94. The summed E-state index contributed by atoms with van der Waals surface area (Å²) in [5.74, 6) is 0.749. The first-order valence-corrected chi connectivity index (χ1v) is 8.49. The van der Waals surface area contributed by atoms with E-state index in [4.69, 9.17) is 4.74 Å². The van der Waals surface area contributed by atoms with E-state index in [1.54, 1.807) is 0 Å². The minimum absolute atomic E-state index is 0.528. The summed E-state index contributed by atoms with van der Waals surface area (Å²) in [5.41, 5.74) is 0.539. The molecule has 2 bridgehead atoms. The molecule has 0 aromatic heterocycles. The molecule has 1 aliphatic heterocycles. The number of nitrogens with zero attached hydrogens (tertiary/aromatic N) is 1. The van der Waals surface area contributed by atoms with E-state index in [1.165, 1.54) is 58.0 Å². The van der Waals surface area contributed by atoms with Crippen LogP contribution in [0.1, 0.15) is 65.7 Å². The lowest BCUT2D eigenvalue weighted by atomic mass is 9.76. The molecule has 2 nitrogen and oxygen atoms in total. The Morgan fingerprint density at radius 3 is 2.84 bits per heavy atom. The lowest BCUT2D eigenvalue weighted by Crippen LogP contribution is -2.35. The monoisotopic (exact) mass is 267 g/mol. The standard InChI is InChI=1S/C17H33NO/c1-4-5-6-11-18-12-7-9-17(3)10-8-16(15(17)2)19-14-13-18/h15-16H,4-14H2,1-3H3. The molecule has 1 saturated carbocycles. The maximum Gasteiger partial charge on any atom is 0.0606 e. The van der Waals surface area contributed by atoms with Gasteiger partial charge in [0.1, 0.15) is 0 Å². The molecule has 0 aromatic rings. The van der Waals surface area contributed by atoms with Crippen molar-refractivity contribution in [3.05, 3.63) is 0 Å². The van der Waals surface area contributed by atoms with E-state index in [0.29, 0.717) is 11.5 Å². The van der Waals surface area contributed by atoms with Crippen molar-refractivity contribution in [2.75, 3.05) is 26.2 Å². The third-order valence-corrected chi connectivity index (χ3v) is 5.70. The molecule has 2 rings (SSSR count). The molecule has 2 heteroatoms. The van der Waals surface area contributed by atoms with Gasteiger partial charge in [0.15, 0.2) is 0 Å². The van der Waals surface area contributed by atoms with Crippen LogP contribution in [0.15, 0.2) is 0 Å². The second kappa shape index (κ2) is 7.08. The van der Waals surface area contributed by atoms with Gasteiger partial charge in [0.05, 0.1) is 12.7 Å². The molecule has 3 atom stereocenters. The van der Waals surface area contributed by atoms with Crippen LogP contribution in [0.4, 0.5) is 0 Å². The highest BCUT2D eigenvalue weighted by atomic mass is 16.5. The summed E-state index contributed by atoms with van der Waals surface area (Å²) in [7, 11) is 0. The van der Waals surface area contributed by atoms with Gasteiger partial charge in [-0.3, -0.25) is 0 Å². The van der Waals surface area contributed by atoms with Crippen LogP contribution in [0, 0.1) is 11.3 Å². The van der Waals surface area contributed by atoms with Crippen LogP contribution in [0.5, 0.6) is 0 Å². The van der Waals surface area contributed by atoms with Crippen LogP contribution in [-0.4, -0.2) is 37.2 Å². The highest BCUT2D eigenvalue weighted by Gasteiger charge is 2.42. The Bertz CT molecular complexity index is 268. The molecule has 1 saturated heterocycles. The quantitative estimate of drug-likeness (QED) is 0.711. The minimum Gasteiger partial charge on any atom is -0.377 e. The summed E-state index contributed by atoms with van der Waals surface area (Å²) in [6, 6.07) is 0. The predicted octanol–water partition coefficient (Wildman–Crippen LogP) is 4.09. The second-order valence-electron chi connectivity index (χ2n) is 7.04. The predicted molar refractivity (Wildman–Crippen MR) is 81.4 cm³/mol. The van der Waals surface area contributed by atoms with Crippen molar-refractivity contribution >= 4 is 0 Å². The van der Waals surface area contributed by atoms with Crippen LogP contribution in [-0.2, 0) is 4.74 Å². The van der Waals surface area contributed by atoms with E-state index >= 15 is 0 Å². The van der Waals surface area contributed by atoms with E-state index < -0.39 is 0 Å². The molecule has 2 fully saturated rings. The molecule has 0 spiro atoms. The summed E-state index contributed by atoms with van der Waals surface area (Å²) in [6.45, 7) is 11.8. The molecular weight excluding hydrogens is 234 g/mol. The Hall–Kier alpha value is -0.0800. The highest BCUT2D eigenvalue weighted by Crippen LogP contribution is 2.47. The fourth-order valence-corrected chi connectivity index (χ4v) is 3.94. The zero-order valence-corrected chi connectivity index (χ0v) is 13.3. The molecule has 112 valence electrons.